The Morgan fingerprint density at radius 2 is 1.82 bits per heavy atom. The summed E-state index contributed by atoms with van der Waals surface area (Å²) < 4.78 is 4.94. The van der Waals surface area contributed by atoms with Gasteiger partial charge in [-0.3, -0.25) is 9.59 Å². The van der Waals surface area contributed by atoms with E-state index in [0.29, 0.717) is 0 Å². The first kappa shape index (κ1) is 15.2. The summed E-state index contributed by atoms with van der Waals surface area (Å²) in [6.07, 6.45) is -0.726. The standard InChI is InChI=1S/C10H18N2O5/c1-6(8(15)11-5-7(13)14)12-9(16)17-10(2,3)4/h6H,5H2,1-4H3,(H,11,15)(H,12,16)(H,13,14). The zero-order chi connectivity index (χ0) is 13.6. The Kier molecular flexibility index (Phi) is 5.43. The zero-order valence-corrected chi connectivity index (χ0v) is 10.4. The van der Waals surface area contributed by atoms with Gasteiger partial charge in [0.05, 0.1) is 0 Å². The molecule has 17 heavy (non-hydrogen) atoms. The molecule has 7 nitrogen and oxygen atoms in total. The van der Waals surface area contributed by atoms with Crippen LogP contribution >= 0.6 is 0 Å². The van der Waals surface area contributed by atoms with Crippen molar-refractivity contribution in [2.75, 3.05) is 6.54 Å². The lowest BCUT2D eigenvalue weighted by Crippen LogP contribution is -2.47. The van der Waals surface area contributed by atoms with Crippen LogP contribution in [0.3, 0.4) is 0 Å². The minimum atomic E-state index is -1.15. The van der Waals surface area contributed by atoms with E-state index in [1.807, 2.05) is 0 Å². The second-order valence-corrected chi connectivity index (χ2v) is 4.48. The number of ether oxygens (including phenoxy) is 1. The van der Waals surface area contributed by atoms with Crippen molar-refractivity contribution in [1.82, 2.24) is 10.6 Å². The molecule has 0 saturated carbocycles. The number of carbonyl (C=O) groups is 3. The number of rotatable bonds is 4. The summed E-state index contributed by atoms with van der Waals surface area (Å²) in [5, 5.41) is 12.8. The molecule has 0 bridgehead atoms. The van der Waals surface area contributed by atoms with Crippen molar-refractivity contribution in [2.24, 2.45) is 0 Å². The van der Waals surface area contributed by atoms with E-state index in [2.05, 4.69) is 10.6 Å². The van der Waals surface area contributed by atoms with Gasteiger partial charge in [-0.2, -0.15) is 0 Å². The van der Waals surface area contributed by atoms with Crippen molar-refractivity contribution in [1.29, 1.82) is 0 Å². The van der Waals surface area contributed by atoms with E-state index in [1.165, 1.54) is 6.92 Å². The van der Waals surface area contributed by atoms with Gasteiger partial charge in [0, 0.05) is 0 Å². The van der Waals surface area contributed by atoms with E-state index >= 15 is 0 Å². The van der Waals surface area contributed by atoms with E-state index in [9.17, 15) is 14.4 Å². The molecular formula is C10H18N2O5. The van der Waals surface area contributed by atoms with Gasteiger partial charge in [0.2, 0.25) is 5.91 Å². The van der Waals surface area contributed by atoms with Crippen LogP contribution in [0.15, 0.2) is 0 Å². The molecule has 0 aliphatic rings. The molecule has 0 aromatic carbocycles. The number of carboxylic acids is 1. The summed E-state index contributed by atoms with van der Waals surface area (Å²) in [5.41, 5.74) is -0.651. The van der Waals surface area contributed by atoms with Crippen LogP contribution in [0.1, 0.15) is 27.7 Å². The van der Waals surface area contributed by atoms with Crippen molar-refractivity contribution >= 4 is 18.0 Å². The molecule has 0 aliphatic carbocycles. The predicted octanol–water partition coefficient (Wildman–Crippen LogP) is 0.100. The zero-order valence-electron chi connectivity index (χ0n) is 10.4. The maximum Gasteiger partial charge on any atom is 0.408 e. The number of carbonyl (C=O) groups excluding carboxylic acids is 2. The van der Waals surface area contributed by atoms with Crippen LogP contribution < -0.4 is 10.6 Å². The van der Waals surface area contributed by atoms with Crippen LogP contribution in [0.4, 0.5) is 4.79 Å². The van der Waals surface area contributed by atoms with Gasteiger partial charge in [-0.15, -0.1) is 0 Å². The Morgan fingerprint density at radius 3 is 2.24 bits per heavy atom. The third-order valence-corrected chi connectivity index (χ3v) is 1.54. The highest BCUT2D eigenvalue weighted by Gasteiger charge is 2.20. The molecule has 2 amide bonds. The number of alkyl carbamates (subject to hydrolysis) is 1. The summed E-state index contributed by atoms with van der Waals surface area (Å²) in [7, 11) is 0. The molecule has 0 aromatic heterocycles. The molecule has 0 radical (unpaired) electrons. The molecule has 0 aromatic rings. The lowest BCUT2D eigenvalue weighted by Gasteiger charge is -2.21. The fourth-order valence-electron chi connectivity index (χ4n) is 0.866. The second-order valence-electron chi connectivity index (χ2n) is 4.48. The van der Waals surface area contributed by atoms with Gasteiger partial charge in [0.15, 0.2) is 0 Å². The monoisotopic (exact) mass is 246 g/mol. The fourth-order valence-corrected chi connectivity index (χ4v) is 0.866. The van der Waals surface area contributed by atoms with Crippen molar-refractivity contribution in [3.05, 3.63) is 0 Å². The summed E-state index contributed by atoms with van der Waals surface area (Å²) in [5.74, 6) is -1.74. The molecule has 1 atom stereocenters. The highest BCUT2D eigenvalue weighted by molar-refractivity contribution is 5.87. The van der Waals surface area contributed by atoms with E-state index < -0.39 is 36.2 Å². The van der Waals surface area contributed by atoms with Crippen molar-refractivity contribution in [2.45, 2.75) is 39.3 Å². The smallest absolute Gasteiger partial charge is 0.408 e. The molecule has 0 aliphatic heterocycles. The molecule has 0 saturated heterocycles. The number of hydrogen-bond donors (Lipinski definition) is 3. The van der Waals surface area contributed by atoms with Gasteiger partial charge in [-0.25, -0.2) is 4.79 Å². The van der Waals surface area contributed by atoms with Gasteiger partial charge in [0.25, 0.3) is 0 Å². The second kappa shape index (κ2) is 6.07. The van der Waals surface area contributed by atoms with Crippen molar-refractivity contribution < 1.29 is 24.2 Å². The number of hydrogen-bond acceptors (Lipinski definition) is 4. The Balaban J connectivity index is 4.08. The quantitative estimate of drug-likeness (QED) is 0.652. The van der Waals surface area contributed by atoms with Crippen LogP contribution in [0.25, 0.3) is 0 Å². The Hall–Kier alpha value is -1.79. The maximum absolute atomic E-state index is 11.3. The highest BCUT2D eigenvalue weighted by Crippen LogP contribution is 2.06. The van der Waals surface area contributed by atoms with Crippen LogP contribution in [0, 0.1) is 0 Å². The predicted molar refractivity (Wildman–Crippen MR) is 59.5 cm³/mol. The fraction of sp³-hybridized carbons (Fsp3) is 0.700. The lowest BCUT2D eigenvalue weighted by molar-refractivity contribution is -0.138. The van der Waals surface area contributed by atoms with Gasteiger partial charge in [0.1, 0.15) is 18.2 Å². The van der Waals surface area contributed by atoms with Gasteiger partial charge in [-0.1, -0.05) is 0 Å². The lowest BCUT2D eigenvalue weighted by atomic mass is 10.2. The first-order valence-electron chi connectivity index (χ1n) is 5.11. The topological polar surface area (TPSA) is 105 Å². The summed E-state index contributed by atoms with van der Waals surface area (Å²) in [6.45, 7) is 6.03. The van der Waals surface area contributed by atoms with Crippen molar-refractivity contribution in [3.8, 4) is 0 Å². The average Bonchev–Trinajstić information content (AvgIpc) is 2.10. The SMILES string of the molecule is CC(NC(=O)OC(C)(C)C)C(=O)NCC(=O)O. The summed E-state index contributed by atoms with van der Waals surface area (Å²) in [4.78, 5) is 32.8. The van der Waals surface area contributed by atoms with E-state index in [4.69, 9.17) is 9.84 Å². The largest absolute Gasteiger partial charge is 0.480 e. The highest BCUT2D eigenvalue weighted by atomic mass is 16.6. The number of nitrogens with one attached hydrogen (secondary N) is 2. The van der Waals surface area contributed by atoms with E-state index in [-0.39, 0.29) is 0 Å². The van der Waals surface area contributed by atoms with Gasteiger partial charge >= 0.3 is 12.1 Å². The average molecular weight is 246 g/mol. The Bertz CT molecular complexity index is 308. The molecule has 98 valence electrons. The minimum absolute atomic E-state index is 0.487. The van der Waals surface area contributed by atoms with Crippen molar-refractivity contribution in [3.63, 3.8) is 0 Å². The molecular weight excluding hydrogens is 228 g/mol. The third-order valence-electron chi connectivity index (χ3n) is 1.54. The molecule has 7 heteroatoms. The summed E-state index contributed by atoms with van der Waals surface area (Å²) in [6, 6.07) is -0.857. The van der Waals surface area contributed by atoms with Gasteiger partial charge in [-0.05, 0) is 27.7 Å². The van der Waals surface area contributed by atoms with Crippen LogP contribution in [0.2, 0.25) is 0 Å². The molecule has 3 N–H and O–H groups in total. The Labute approximate surface area is 99.5 Å². The number of aliphatic carboxylic acids is 1. The van der Waals surface area contributed by atoms with E-state index in [1.54, 1.807) is 20.8 Å². The molecule has 1 unspecified atom stereocenters. The number of carboxylic acid groups (broad SMARTS) is 1. The normalized spacial score (nSPS) is 12.5. The first-order valence-corrected chi connectivity index (χ1v) is 5.11. The third kappa shape index (κ3) is 8.06. The first-order chi connectivity index (χ1) is 7.61. The Morgan fingerprint density at radius 1 is 1.29 bits per heavy atom. The van der Waals surface area contributed by atoms with E-state index in [0.717, 1.165) is 0 Å². The molecule has 0 heterocycles. The maximum atomic E-state index is 11.3. The number of amides is 2. The van der Waals surface area contributed by atoms with Crippen LogP contribution in [-0.4, -0.2) is 41.3 Å². The molecule has 0 rings (SSSR count). The molecule has 0 fully saturated rings. The molecule has 0 spiro atoms. The van der Waals surface area contributed by atoms with Gasteiger partial charge < -0.3 is 20.5 Å². The van der Waals surface area contributed by atoms with Crippen LogP contribution in [0.5, 0.6) is 0 Å². The van der Waals surface area contributed by atoms with Crippen LogP contribution in [-0.2, 0) is 14.3 Å². The summed E-state index contributed by atoms with van der Waals surface area (Å²) >= 11 is 0. The minimum Gasteiger partial charge on any atom is -0.480 e.